The van der Waals surface area contributed by atoms with Gasteiger partial charge in [-0.2, -0.15) is 0 Å². The van der Waals surface area contributed by atoms with Gasteiger partial charge in [-0.1, -0.05) is 13.8 Å². The zero-order valence-electron chi connectivity index (χ0n) is 12.9. The lowest BCUT2D eigenvalue weighted by Gasteiger charge is -2.26. The summed E-state index contributed by atoms with van der Waals surface area (Å²) in [6.07, 6.45) is 0. The molecule has 5 heteroatoms. The maximum Gasteiger partial charge on any atom is 0.329 e. The second-order valence-electron chi connectivity index (χ2n) is 6.14. The van der Waals surface area contributed by atoms with Crippen LogP contribution in [0.3, 0.4) is 0 Å². The topological polar surface area (TPSA) is 68.5 Å². The Hall–Kier alpha value is -1.78. The van der Waals surface area contributed by atoms with E-state index in [1.54, 1.807) is 39.8 Å². The summed E-state index contributed by atoms with van der Waals surface area (Å²) in [5.41, 5.74) is -0.587. The highest BCUT2D eigenvalue weighted by Gasteiger charge is 2.30. The van der Waals surface area contributed by atoms with E-state index in [-0.39, 0.29) is 11.7 Å². The number of aryl methyl sites for hydroxylation is 1. The van der Waals surface area contributed by atoms with Crippen LogP contribution in [0.15, 0.2) is 16.5 Å². The summed E-state index contributed by atoms with van der Waals surface area (Å²) in [6.45, 7) is 10.8. The van der Waals surface area contributed by atoms with Gasteiger partial charge in [0.1, 0.15) is 17.4 Å². The summed E-state index contributed by atoms with van der Waals surface area (Å²) < 4.78 is 10.6. The number of hydrogen-bond acceptors (Lipinski definition) is 4. The van der Waals surface area contributed by atoms with Gasteiger partial charge in [0.25, 0.3) is 5.91 Å². The first-order chi connectivity index (χ1) is 9.10. The number of furan rings is 1. The van der Waals surface area contributed by atoms with Crippen molar-refractivity contribution in [2.45, 2.75) is 53.2 Å². The lowest BCUT2D eigenvalue weighted by molar-refractivity contribution is -0.158. The molecule has 0 aliphatic rings. The molecular weight excluding hydrogens is 258 g/mol. The van der Waals surface area contributed by atoms with Crippen molar-refractivity contribution in [3.63, 3.8) is 0 Å². The number of carbonyl (C=O) groups excluding carboxylic acids is 2. The third kappa shape index (κ3) is 4.72. The zero-order valence-corrected chi connectivity index (χ0v) is 12.9. The van der Waals surface area contributed by atoms with E-state index in [9.17, 15) is 9.59 Å². The first-order valence-electron chi connectivity index (χ1n) is 6.70. The van der Waals surface area contributed by atoms with Gasteiger partial charge in [0.05, 0.1) is 0 Å². The first kappa shape index (κ1) is 16.3. The molecule has 1 atom stereocenters. The maximum absolute atomic E-state index is 12.1. The summed E-state index contributed by atoms with van der Waals surface area (Å²) in [5.74, 6) is -0.0955. The Morgan fingerprint density at radius 1 is 1.25 bits per heavy atom. The molecule has 0 aromatic carbocycles. The molecule has 0 aliphatic carbocycles. The second kappa shape index (κ2) is 6.11. The predicted molar refractivity (Wildman–Crippen MR) is 75.4 cm³/mol. The smallest absolute Gasteiger partial charge is 0.329 e. The van der Waals surface area contributed by atoms with Crippen molar-refractivity contribution in [2.24, 2.45) is 5.92 Å². The van der Waals surface area contributed by atoms with E-state index in [1.165, 1.54) is 0 Å². The number of ether oxygens (including phenoxy) is 1. The van der Waals surface area contributed by atoms with Gasteiger partial charge in [0.15, 0.2) is 5.76 Å². The highest BCUT2D eigenvalue weighted by atomic mass is 16.6. The normalized spacial score (nSPS) is 13.2. The average Bonchev–Trinajstić information content (AvgIpc) is 2.69. The Bertz CT molecular complexity index is 482. The van der Waals surface area contributed by atoms with Gasteiger partial charge in [0.2, 0.25) is 0 Å². The Morgan fingerprint density at radius 2 is 1.85 bits per heavy atom. The van der Waals surface area contributed by atoms with Gasteiger partial charge in [-0.15, -0.1) is 0 Å². The van der Waals surface area contributed by atoms with E-state index in [0.29, 0.717) is 5.76 Å². The third-order valence-electron chi connectivity index (χ3n) is 2.58. The van der Waals surface area contributed by atoms with Gasteiger partial charge in [-0.05, 0) is 45.7 Å². The molecule has 0 saturated carbocycles. The fourth-order valence-electron chi connectivity index (χ4n) is 1.63. The highest BCUT2D eigenvalue weighted by molar-refractivity contribution is 5.94. The first-order valence-corrected chi connectivity index (χ1v) is 6.70. The summed E-state index contributed by atoms with van der Waals surface area (Å²) in [4.78, 5) is 24.1. The van der Waals surface area contributed by atoms with Crippen molar-refractivity contribution < 1.29 is 18.7 Å². The number of rotatable bonds is 4. The maximum atomic E-state index is 12.1. The molecule has 1 rings (SSSR count). The summed E-state index contributed by atoms with van der Waals surface area (Å²) in [7, 11) is 0. The van der Waals surface area contributed by atoms with Crippen molar-refractivity contribution in [1.29, 1.82) is 0 Å². The number of nitrogens with one attached hydrogen (secondary N) is 1. The predicted octanol–water partition coefficient (Wildman–Crippen LogP) is 2.68. The molecule has 0 radical (unpaired) electrons. The molecule has 5 nitrogen and oxygen atoms in total. The Kier molecular flexibility index (Phi) is 4.98. The standard InChI is InChI=1S/C15H23NO4/c1-9(2)12(14(18)20-15(4,5)6)16-13(17)11-8-7-10(3)19-11/h7-9,12H,1-6H3,(H,16,17)/t12-/m0/s1. The fourth-order valence-corrected chi connectivity index (χ4v) is 1.63. The van der Waals surface area contributed by atoms with Gasteiger partial charge in [-0.3, -0.25) is 4.79 Å². The second-order valence-corrected chi connectivity index (χ2v) is 6.14. The van der Waals surface area contributed by atoms with Crippen molar-refractivity contribution in [2.75, 3.05) is 0 Å². The van der Waals surface area contributed by atoms with Gasteiger partial charge >= 0.3 is 5.97 Å². The summed E-state index contributed by atoms with van der Waals surface area (Å²) >= 11 is 0. The molecule has 0 bridgehead atoms. The summed E-state index contributed by atoms with van der Waals surface area (Å²) in [5, 5.41) is 2.66. The van der Waals surface area contributed by atoms with E-state index in [2.05, 4.69) is 5.32 Å². The van der Waals surface area contributed by atoms with Crippen LogP contribution < -0.4 is 5.32 Å². The molecule has 20 heavy (non-hydrogen) atoms. The van der Waals surface area contributed by atoms with Gasteiger partial charge in [0, 0.05) is 0 Å². The monoisotopic (exact) mass is 281 g/mol. The van der Waals surface area contributed by atoms with Crippen LogP contribution in [0.2, 0.25) is 0 Å². The molecular formula is C15H23NO4. The molecule has 1 aromatic rings. The molecule has 0 spiro atoms. The lowest BCUT2D eigenvalue weighted by atomic mass is 10.0. The molecule has 1 amide bonds. The SMILES string of the molecule is Cc1ccc(C(=O)N[C@H](C(=O)OC(C)(C)C)C(C)C)o1. The van der Waals surface area contributed by atoms with E-state index in [4.69, 9.17) is 9.15 Å². The van der Waals surface area contributed by atoms with Crippen LogP contribution in [0.5, 0.6) is 0 Å². The molecule has 1 aromatic heterocycles. The van der Waals surface area contributed by atoms with Crippen molar-refractivity contribution >= 4 is 11.9 Å². The largest absolute Gasteiger partial charge is 0.458 e. The molecule has 0 fully saturated rings. The van der Waals surface area contributed by atoms with E-state index in [0.717, 1.165) is 0 Å². The molecule has 112 valence electrons. The number of esters is 1. The summed E-state index contributed by atoms with van der Waals surface area (Å²) in [6, 6.07) is 2.58. The van der Waals surface area contributed by atoms with Gasteiger partial charge < -0.3 is 14.5 Å². The van der Waals surface area contributed by atoms with Crippen LogP contribution in [0.4, 0.5) is 0 Å². The fraction of sp³-hybridized carbons (Fsp3) is 0.600. The zero-order chi connectivity index (χ0) is 15.5. The van der Waals surface area contributed by atoms with Crippen LogP contribution in [0.25, 0.3) is 0 Å². The van der Waals surface area contributed by atoms with E-state index >= 15 is 0 Å². The number of carbonyl (C=O) groups is 2. The Morgan fingerprint density at radius 3 is 2.25 bits per heavy atom. The van der Waals surface area contributed by atoms with E-state index < -0.39 is 23.5 Å². The van der Waals surface area contributed by atoms with Gasteiger partial charge in [-0.25, -0.2) is 4.79 Å². The quantitative estimate of drug-likeness (QED) is 0.861. The van der Waals surface area contributed by atoms with Crippen molar-refractivity contribution in [1.82, 2.24) is 5.32 Å². The Balaban J connectivity index is 2.77. The highest BCUT2D eigenvalue weighted by Crippen LogP contribution is 2.13. The third-order valence-corrected chi connectivity index (χ3v) is 2.58. The number of amides is 1. The van der Waals surface area contributed by atoms with Crippen LogP contribution in [0.1, 0.15) is 50.9 Å². The van der Waals surface area contributed by atoms with Crippen LogP contribution in [0, 0.1) is 12.8 Å². The Labute approximate surface area is 119 Å². The molecule has 0 saturated heterocycles. The minimum absolute atomic E-state index is 0.0788. The van der Waals surface area contributed by atoms with Crippen LogP contribution in [-0.4, -0.2) is 23.5 Å². The van der Waals surface area contributed by atoms with Crippen molar-refractivity contribution in [3.8, 4) is 0 Å². The van der Waals surface area contributed by atoms with Crippen molar-refractivity contribution in [3.05, 3.63) is 23.7 Å². The molecule has 1 N–H and O–H groups in total. The van der Waals surface area contributed by atoms with E-state index in [1.807, 2.05) is 13.8 Å². The molecule has 0 unspecified atom stereocenters. The molecule has 1 heterocycles. The number of hydrogen-bond donors (Lipinski definition) is 1. The minimum Gasteiger partial charge on any atom is -0.458 e. The van der Waals surface area contributed by atoms with Crippen LogP contribution >= 0.6 is 0 Å². The molecule has 0 aliphatic heterocycles. The van der Waals surface area contributed by atoms with Crippen LogP contribution in [-0.2, 0) is 9.53 Å². The minimum atomic E-state index is -0.702. The average molecular weight is 281 g/mol. The lowest BCUT2D eigenvalue weighted by Crippen LogP contribution is -2.47.